The van der Waals surface area contributed by atoms with Crippen LogP contribution < -0.4 is 0 Å². The van der Waals surface area contributed by atoms with Crippen molar-refractivity contribution in [3.63, 3.8) is 0 Å². The van der Waals surface area contributed by atoms with Crippen LogP contribution in [0.4, 0.5) is 13.2 Å². The van der Waals surface area contributed by atoms with Crippen molar-refractivity contribution >= 4 is 22.0 Å². The third-order valence-corrected chi connectivity index (χ3v) is 5.70. The van der Waals surface area contributed by atoms with E-state index in [9.17, 15) is 31.2 Å². The highest BCUT2D eigenvalue weighted by atomic mass is 32.2. The van der Waals surface area contributed by atoms with Gasteiger partial charge in [0.25, 0.3) is 0 Å². The molecule has 0 spiro atoms. The number of hydrogen-bond donors (Lipinski definition) is 1. The van der Waals surface area contributed by atoms with Gasteiger partial charge in [-0.2, -0.15) is 17.5 Å². The maximum absolute atomic E-state index is 13.2. The summed E-state index contributed by atoms with van der Waals surface area (Å²) >= 11 is 0. The smallest absolute Gasteiger partial charge is 0.417 e. The number of alkyl halides is 3. The average Bonchev–Trinajstić information content (AvgIpc) is 3.03. The highest BCUT2D eigenvalue weighted by Crippen LogP contribution is 2.35. The van der Waals surface area contributed by atoms with Gasteiger partial charge in [0.05, 0.1) is 29.1 Å². The summed E-state index contributed by atoms with van der Waals surface area (Å²) < 4.78 is 69.5. The Hall–Kier alpha value is -2.14. The minimum atomic E-state index is -4.97. The largest absolute Gasteiger partial charge is 0.481 e. The van der Waals surface area contributed by atoms with Crippen molar-refractivity contribution in [2.45, 2.75) is 17.5 Å². The van der Waals surface area contributed by atoms with Crippen LogP contribution in [0.1, 0.15) is 22.3 Å². The van der Waals surface area contributed by atoms with Crippen molar-refractivity contribution in [3.8, 4) is 0 Å². The number of rotatable bonds is 4. The molecule has 1 saturated heterocycles. The Morgan fingerprint density at radius 3 is 2.44 bits per heavy atom. The van der Waals surface area contributed by atoms with Gasteiger partial charge in [-0.25, -0.2) is 13.2 Å². The summed E-state index contributed by atoms with van der Waals surface area (Å²) in [5.74, 6) is -3.33. The number of esters is 1. The van der Waals surface area contributed by atoms with E-state index in [1.54, 1.807) is 0 Å². The van der Waals surface area contributed by atoms with Gasteiger partial charge in [0, 0.05) is 13.1 Å². The Kier molecular flexibility index (Phi) is 5.09. The molecule has 1 aliphatic heterocycles. The van der Waals surface area contributed by atoms with Crippen LogP contribution in [-0.2, 0) is 25.7 Å². The minimum absolute atomic E-state index is 0.0704. The van der Waals surface area contributed by atoms with Gasteiger partial charge in [0.15, 0.2) is 0 Å². The van der Waals surface area contributed by atoms with E-state index in [-0.39, 0.29) is 19.5 Å². The molecule has 0 aliphatic carbocycles. The highest BCUT2D eigenvalue weighted by Gasteiger charge is 2.40. The van der Waals surface area contributed by atoms with Crippen LogP contribution in [0.5, 0.6) is 0 Å². The summed E-state index contributed by atoms with van der Waals surface area (Å²) in [6.07, 6.45) is -4.90. The van der Waals surface area contributed by atoms with Crippen LogP contribution in [0.25, 0.3) is 0 Å². The summed E-state index contributed by atoms with van der Waals surface area (Å²) in [6, 6.07) is 1.95. The van der Waals surface area contributed by atoms with Crippen molar-refractivity contribution in [1.82, 2.24) is 4.31 Å². The molecule has 11 heteroatoms. The fraction of sp³-hybridized carbons (Fsp3) is 0.429. The van der Waals surface area contributed by atoms with Crippen molar-refractivity contribution in [2.75, 3.05) is 20.2 Å². The number of benzene rings is 1. The first kappa shape index (κ1) is 19.2. The normalized spacial score (nSPS) is 19.0. The molecule has 7 nitrogen and oxygen atoms in total. The maximum atomic E-state index is 13.2. The molecular weight excluding hydrogens is 367 g/mol. The first-order valence-corrected chi connectivity index (χ1v) is 8.45. The monoisotopic (exact) mass is 381 g/mol. The number of sulfonamides is 1. The molecule has 1 heterocycles. The first-order chi connectivity index (χ1) is 11.5. The Bertz CT molecular complexity index is 805. The van der Waals surface area contributed by atoms with Gasteiger partial charge in [-0.15, -0.1) is 0 Å². The van der Waals surface area contributed by atoms with Crippen molar-refractivity contribution in [1.29, 1.82) is 0 Å². The molecule has 0 bridgehead atoms. The number of halogens is 3. The van der Waals surface area contributed by atoms with Crippen LogP contribution in [0.3, 0.4) is 0 Å². The van der Waals surface area contributed by atoms with Crippen molar-refractivity contribution < 1.29 is 41.0 Å². The molecule has 138 valence electrons. The van der Waals surface area contributed by atoms with Gasteiger partial charge in [-0.05, 0) is 24.6 Å². The highest BCUT2D eigenvalue weighted by molar-refractivity contribution is 7.89. The second kappa shape index (κ2) is 6.64. The molecule has 0 saturated carbocycles. The number of hydrogen-bond acceptors (Lipinski definition) is 5. The number of carboxylic acid groups (broad SMARTS) is 1. The van der Waals surface area contributed by atoms with Crippen LogP contribution in [0, 0.1) is 5.92 Å². The van der Waals surface area contributed by atoms with Crippen LogP contribution in [0.15, 0.2) is 23.1 Å². The zero-order chi connectivity index (χ0) is 19.0. The van der Waals surface area contributed by atoms with E-state index in [0.717, 1.165) is 23.5 Å². The van der Waals surface area contributed by atoms with E-state index in [2.05, 4.69) is 4.74 Å². The molecule has 1 atom stereocenters. The summed E-state index contributed by atoms with van der Waals surface area (Å²) in [4.78, 5) is 21.7. The summed E-state index contributed by atoms with van der Waals surface area (Å²) in [5, 5.41) is 8.92. The number of ether oxygens (including phenoxy) is 1. The van der Waals surface area contributed by atoms with E-state index in [1.165, 1.54) is 0 Å². The lowest BCUT2D eigenvalue weighted by Crippen LogP contribution is -2.30. The summed E-state index contributed by atoms with van der Waals surface area (Å²) in [7, 11) is -3.41. The fourth-order valence-corrected chi connectivity index (χ4v) is 4.03. The Morgan fingerprint density at radius 1 is 1.32 bits per heavy atom. The molecular formula is C14H14F3NO6S. The Labute approximate surface area is 141 Å². The fourth-order valence-electron chi connectivity index (χ4n) is 2.50. The van der Waals surface area contributed by atoms with E-state index < -0.39 is 50.1 Å². The molecule has 1 aromatic rings. The van der Waals surface area contributed by atoms with Gasteiger partial charge in [-0.1, -0.05) is 0 Å². The third kappa shape index (κ3) is 3.76. The number of nitrogens with zero attached hydrogens (tertiary/aromatic N) is 1. The quantitative estimate of drug-likeness (QED) is 0.795. The number of carbonyl (C=O) groups is 2. The first-order valence-electron chi connectivity index (χ1n) is 7.01. The Morgan fingerprint density at radius 2 is 1.96 bits per heavy atom. The van der Waals surface area contributed by atoms with Gasteiger partial charge in [0.1, 0.15) is 0 Å². The molecule has 1 fully saturated rings. The summed E-state index contributed by atoms with van der Waals surface area (Å²) in [5.41, 5.74) is -2.24. The van der Waals surface area contributed by atoms with Crippen molar-refractivity contribution in [3.05, 3.63) is 29.3 Å². The van der Waals surface area contributed by atoms with E-state index in [1.807, 2.05) is 0 Å². The molecule has 2 rings (SSSR count). The molecule has 0 amide bonds. The lowest BCUT2D eigenvalue weighted by atomic mass is 10.1. The second-order valence-corrected chi connectivity index (χ2v) is 7.32. The second-order valence-electron chi connectivity index (χ2n) is 5.38. The summed E-state index contributed by atoms with van der Waals surface area (Å²) in [6.45, 7) is -0.433. The molecule has 0 radical (unpaired) electrons. The SMILES string of the molecule is COC(=O)c1ccc(S(=O)(=O)N2CCC(C(=O)O)C2)cc1C(F)(F)F. The van der Waals surface area contributed by atoms with E-state index >= 15 is 0 Å². The van der Waals surface area contributed by atoms with Gasteiger partial charge in [-0.3, -0.25) is 4.79 Å². The molecule has 25 heavy (non-hydrogen) atoms. The molecule has 0 aromatic heterocycles. The average molecular weight is 381 g/mol. The molecule has 1 aliphatic rings. The standard InChI is InChI=1S/C14H14F3NO6S/c1-24-13(21)10-3-2-9(6-11(10)14(15,16)17)25(22,23)18-5-4-8(7-18)12(19)20/h2-3,6,8H,4-5,7H2,1H3,(H,19,20). The van der Waals surface area contributed by atoms with Crippen LogP contribution in [0.2, 0.25) is 0 Å². The number of carbonyl (C=O) groups excluding carboxylic acids is 1. The number of methoxy groups -OCH3 is 1. The predicted octanol–water partition coefficient (Wildman–Crippen LogP) is 1.59. The maximum Gasteiger partial charge on any atom is 0.417 e. The predicted molar refractivity (Wildman–Crippen MR) is 77.3 cm³/mol. The molecule has 1 unspecified atom stereocenters. The van der Waals surface area contributed by atoms with Gasteiger partial charge in [0.2, 0.25) is 10.0 Å². The number of carboxylic acids is 1. The number of aliphatic carboxylic acids is 1. The minimum Gasteiger partial charge on any atom is -0.481 e. The Balaban J connectivity index is 2.46. The van der Waals surface area contributed by atoms with E-state index in [0.29, 0.717) is 6.07 Å². The lowest BCUT2D eigenvalue weighted by molar-refractivity contribution is -0.141. The van der Waals surface area contributed by atoms with Gasteiger partial charge < -0.3 is 9.84 Å². The van der Waals surface area contributed by atoms with Gasteiger partial charge >= 0.3 is 18.1 Å². The van der Waals surface area contributed by atoms with E-state index in [4.69, 9.17) is 5.11 Å². The van der Waals surface area contributed by atoms with Crippen LogP contribution >= 0.6 is 0 Å². The zero-order valence-electron chi connectivity index (χ0n) is 12.9. The topological polar surface area (TPSA) is 101 Å². The molecule has 1 aromatic carbocycles. The van der Waals surface area contributed by atoms with Crippen LogP contribution in [-0.4, -0.2) is 50.0 Å². The lowest BCUT2D eigenvalue weighted by Gasteiger charge is -2.18. The third-order valence-electron chi connectivity index (χ3n) is 3.84. The van der Waals surface area contributed by atoms with Crippen molar-refractivity contribution in [2.24, 2.45) is 5.92 Å². The zero-order valence-corrected chi connectivity index (χ0v) is 13.7. The molecule has 1 N–H and O–H groups in total.